The SMILES string of the molecule is Cc1ccc(C(=O)CCC(=O)N2CCN(S(=O)(=O)/C=C/c3ccccc3)CC2)s1. The summed E-state index contributed by atoms with van der Waals surface area (Å²) in [6.07, 6.45) is 1.90. The second-order valence-electron chi connectivity index (χ2n) is 6.87. The molecule has 0 spiro atoms. The van der Waals surface area contributed by atoms with E-state index in [2.05, 4.69) is 0 Å². The first kappa shape index (κ1) is 21.4. The molecule has 0 N–H and O–H groups in total. The van der Waals surface area contributed by atoms with Gasteiger partial charge in [-0.05, 0) is 30.7 Å². The number of carbonyl (C=O) groups is 2. The van der Waals surface area contributed by atoms with Crippen LogP contribution < -0.4 is 0 Å². The summed E-state index contributed by atoms with van der Waals surface area (Å²) in [7, 11) is -3.53. The molecule has 1 aromatic carbocycles. The van der Waals surface area contributed by atoms with Gasteiger partial charge in [0, 0.05) is 49.3 Å². The van der Waals surface area contributed by atoms with Crippen molar-refractivity contribution < 1.29 is 18.0 Å². The Morgan fingerprint density at radius 2 is 1.69 bits per heavy atom. The number of amides is 1. The molecule has 0 unspecified atom stereocenters. The minimum Gasteiger partial charge on any atom is -0.340 e. The summed E-state index contributed by atoms with van der Waals surface area (Å²) in [6.45, 7) is 3.12. The molecule has 8 heteroatoms. The molecule has 0 radical (unpaired) electrons. The van der Waals surface area contributed by atoms with Crippen LogP contribution in [0.1, 0.15) is 33.0 Å². The zero-order chi connectivity index (χ0) is 20.9. The highest BCUT2D eigenvalue weighted by Gasteiger charge is 2.27. The van der Waals surface area contributed by atoms with Crippen molar-refractivity contribution in [2.45, 2.75) is 19.8 Å². The van der Waals surface area contributed by atoms with Crippen LogP contribution in [-0.2, 0) is 14.8 Å². The quantitative estimate of drug-likeness (QED) is 0.630. The molecule has 6 nitrogen and oxygen atoms in total. The summed E-state index contributed by atoms with van der Waals surface area (Å²) >= 11 is 1.43. The number of benzene rings is 1. The van der Waals surface area contributed by atoms with E-state index in [1.54, 1.807) is 17.0 Å². The lowest BCUT2D eigenvalue weighted by atomic mass is 10.1. The topological polar surface area (TPSA) is 74.8 Å². The molecule has 0 aliphatic carbocycles. The van der Waals surface area contributed by atoms with Gasteiger partial charge in [0.15, 0.2) is 5.78 Å². The summed E-state index contributed by atoms with van der Waals surface area (Å²) in [4.78, 5) is 27.9. The van der Waals surface area contributed by atoms with Gasteiger partial charge in [0.2, 0.25) is 15.9 Å². The Morgan fingerprint density at radius 1 is 1.00 bits per heavy atom. The van der Waals surface area contributed by atoms with E-state index < -0.39 is 10.0 Å². The molecule has 1 fully saturated rings. The molecule has 0 atom stereocenters. The van der Waals surface area contributed by atoms with Crippen molar-refractivity contribution in [1.82, 2.24) is 9.21 Å². The smallest absolute Gasteiger partial charge is 0.236 e. The number of piperazine rings is 1. The lowest BCUT2D eigenvalue weighted by Gasteiger charge is -2.33. The Labute approximate surface area is 175 Å². The predicted molar refractivity (Wildman–Crippen MR) is 115 cm³/mol. The maximum absolute atomic E-state index is 12.5. The second kappa shape index (κ2) is 9.47. The number of nitrogens with zero attached hydrogens (tertiary/aromatic N) is 2. The third kappa shape index (κ3) is 5.85. The van der Waals surface area contributed by atoms with Gasteiger partial charge in [-0.15, -0.1) is 11.3 Å². The van der Waals surface area contributed by atoms with E-state index in [1.807, 2.05) is 43.3 Å². The van der Waals surface area contributed by atoms with E-state index in [4.69, 9.17) is 0 Å². The second-order valence-corrected chi connectivity index (χ2v) is 9.98. The van der Waals surface area contributed by atoms with Gasteiger partial charge in [0.1, 0.15) is 0 Å². The number of carbonyl (C=O) groups excluding carboxylic acids is 2. The monoisotopic (exact) mass is 432 g/mol. The fraction of sp³-hybridized carbons (Fsp3) is 0.333. The lowest BCUT2D eigenvalue weighted by Crippen LogP contribution is -2.50. The molecule has 1 aliphatic rings. The number of hydrogen-bond donors (Lipinski definition) is 0. The molecule has 2 aromatic rings. The van der Waals surface area contributed by atoms with Gasteiger partial charge < -0.3 is 4.90 Å². The van der Waals surface area contributed by atoms with E-state index in [0.717, 1.165) is 10.4 Å². The van der Waals surface area contributed by atoms with Gasteiger partial charge in [-0.3, -0.25) is 9.59 Å². The summed E-state index contributed by atoms with van der Waals surface area (Å²) < 4.78 is 26.4. The van der Waals surface area contributed by atoms with Crippen LogP contribution in [0.25, 0.3) is 6.08 Å². The van der Waals surface area contributed by atoms with Crippen molar-refractivity contribution in [1.29, 1.82) is 0 Å². The van der Waals surface area contributed by atoms with Crippen molar-refractivity contribution in [3.8, 4) is 0 Å². The minimum absolute atomic E-state index is 0.0243. The summed E-state index contributed by atoms with van der Waals surface area (Å²) in [6, 6.07) is 12.9. The van der Waals surface area contributed by atoms with E-state index in [0.29, 0.717) is 18.0 Å². The standard InChI is InChI=1S/C21H24N2O4S2/c1-17-7-9-20(28-17)19(24)8-10-21(25)22-12-14-23(15-13-22)29(26,27)16-11-18-5-3-2-4-6-18/h2-7,9,11,16H,8,10,12-15H2,1H3/b16-11+. The summed E-state index contributed by atoms with van der Waals surface area (Å²) in [5.41, 5.74) is 0.815. The maximum Gasteiger partial charge on any atom is 0.236 e. The molecular formula is C21H24N2O4S2. The number of rotatable bonds is 7. The summed E-state index contributed by atoms with van der Waals surface area (Å²) in [5, 5.41) is 1.21. The number of aryl methyl sites for hydroxylation is 1. The molecule has 1 saturated heterocycles. The fourth-order valence-corrected chi connectivity index (χ4v) is 5.10. The van der Waals surface area contributed by atoms with Crippen molar-refractivity contribution in [3.05, 3.63) is 63.2 Å². The molecule has 1 aliphatic heterocycles. The van der Waals surface area contributed by atoms with E-state index in [-0.39, 0.29) is 37.6 Å². The van der Waals surface area contributed by atoms with Crippen LogP contribution in [0.5, 0.6) is 0 Å². The van der Waals surface area contributed by atoms with Gasteiger partial charge >= 0.3 is 0 Å². The molecule has 1 aromatic heterocycles. The first-order valence-electron chi connectivity index (χ1n) is 9.46. The molecule has 3 rings (SSSR count). The van der Waals surface area contributed by atoms with Crippen LogP contribution in [0.2, 0.25) is 0 Å². The van der Waals surface area contributed by atoms with Crippen LogP contribution in [0.15, 0.2) is 47.9 Å². The highest BCUT2D eigenvalue weighted by atomic mass is 32.2. The first-order valence-corrected chi connectivity index (χ1v) is 11.8. The Morgan fingerprint density at radius 3 is 2.31 bits per heavy atom. The molecular weight excluding hydrogens is 408 g/mol. The predicted octanol–water partition coefficient (Wildman–Crippen LogP) is 3.16. The number of thiophene rings is 1. The highest BCUT2D eigenvalue weighted by Crippen LogP contribution is 2.18. The number of Topliss-reactive ketones (excluding diaryl/α,β-unsaturated/α-hetero) is 1. The average molecular weight is 433 g/mol. The third-order valence-electron chi connectivity index (χ3n) is 4.76. The molecule has 1 amide bonds. The van der Waals surface area contributed by atoms with Crippen molar-refractivity contribution in [2.75, 3.05) is 26.2 Å². The van der Waals surface area contributed by atoms with Crippen LogP contribution in [0.4, 0.5) is 0 Å². The minimum atomic E-state index is -3.53. The number of hydrogen-bond acceptors (Lipinski definition) is 5. The average Bonchev–Trinajstić information content (AvgIpc) is 3.17. The Bertz CT molecular complexity index is 989. The number of ketones is 1. The van der Waals surface area contributed by atoms with Gasteiger partial charge in [-0.2, -0.15) is 4.31 Å². The maximum atomic E-state index is 12.5. The lowest BCUT2D eigenvalue weighted by molar-refractivity contribution is -0.132. The molecule has 2 heterocycles. The van der Waals surface area contributed by atoms with Crippen molar-refractivity contribution in [2.24, 2.45) is 0 Å². The zero-order valence-corrected chi connectivity index (χ0v) is 17.9. The van der Waals surface area contributed by atoms with Crippen molar-refractivity contribution in [3.63, 3.8) is 0 Å². The van der Waals surface area contributed by atoms with Crippen LogP contribution in [0.3, 0.4) is 0 Å². The third-order valence-corrected chi connectivity index (χ3v) is 7.37. The molecule has 0 saturated carbocycles. The zero-order valence-electron chi connectivity index (χ0n) is 16.3. The van der Waals surface area contributed by atoms with E-state index >= 15 is 0 Å². The Kier molecular flexibility index (Phi) is 7.00. The largest absolute Gasteiger partial charge is 0.340 e. The van der Waals surface area contributed by atoms with Crippen LogP contribution in [0, 0.1) is 6.92 Å². The Hall–Kier alpha value is -2.29. The van der Waals surface area contributed by atoms with Gasteiger partial charge in [-0.1, -0.05) is 30.3 Å². The molecule has 29 heavy (non-hydrogen) atoms. The normalized spacial score (nSPS) is 15.7. The fourth-order valence-electron chi connectivity index (χ4n) is 3.09. The first-order chi connectivity index (χ1) is 13.8. The highest BCUT2D eigenvalue weighted by molar-refractivity contribution is 7.92. The van der Waals surface area contributed by atoms with E-state index in [1.165, 1.54) is 21.1 Å². The summed E-state index contributed by atoms with van der Waals surface area (Å²) in [5.74, 6) is -0.132. The van der Waals surface area contributed by atoms with Crippen LogP contribution in [-0.4, -0.2) is 55.5 Å². The van der Waals surface area contributed by atoms with Crippen LogP contribution >= 0.6 is 11.3 Å². The Balaban J connectivity index is 1.48. The van der Waals surface area contributed by atoms with Gasteiger partial charge in [0.05, 0.1) is 4.88 Å². The molecule has 154 valence electrons. The molecule has 0 bridgehead atoms. The van der Waals surface area contributed by atoms with Gasteiger partial charge in [0.25, 0.3) is 0 Å². The van der Waals surface area contributed by atoms with E-state index in [9.17, 15) is 18.0 Å². The van der Waals surface area contributed by atoms with Crippen molar-refractivity contribution >= 4 is 39.1 Å². The number of sulfonamides is 1. The van der Waals surface area contributed by atoms with Gasteiger partial charge in [-0.25, -0.2) is 8.42 Å².